The quantitative estimate of drug-likeness (QED) is 0.0883. The number of nitrogens with one attached hydrogen (secondary N) is 2. The molecule has 19 heteroatoms. The van der Waals surface area contributed by atoms with Gasteiger partial charge >= 0.3 is 18.2 Å². The first-order valence-electron chi connectivity index (χ1n) is 23.5. The number of pyridine rings is 1. The first kappa shape index (κ1) is 52.6. The second-order valence-electron chi connectivity index (χ2n) is 18.9. The van der Waals surface area contributed by atoms with E-state index in [-0.39, 0.29) is 25.0 Å². The number of ether oxygens (including phenoxy) is 6. The molecule has 0 radical (unpaired) electrons. The number of nitrogens with zero attached hydrogens (tertiary/aromatic N) is 6. The van der Waals surface area contributed by atoms with Crippen molar-refractivity contribution in [1.29, 1.82) is 0 Å². The maximum absolute atomic E-state index is 14.7. The number of carbonyl (C=O) groups is 3. The molecule has 0 aliphatic carbocycles. The fourth-order valence-electron chi connectivity index (χ4n) is 10.2. The molecule has 0 bridgehead atoms. The third kappa shape index (κ3) is 11.8. The number of aliphatic hydroxyl groups is 1. The van der Waals surface area contributed by atoms with Gasteiger partial charge in [-0.25, -0.2) is 25.0 Å². The summed E-state index contributed by atoms with van der Waals surface area (Å²) in [5.74, 6) is -3.44. The molecule has 2 aromatic rings. The van der Waals surface area contributed by atoms with E-state index in [1.807, 2.05) is 90.4 Å². The highest BCUT2D eigenvalue weighted by Crippen LogP contribution is 2.44. The second kappa shape index (κ2) is 23.1. The maximum atomic E-state index is 14.7. The number of esters is 1. The van der Waals surface area contributed by atoms with Crippen LogP contribution >= 0.6 is 0 Å². The van der Waals surface area contributed by atoms with E-state index in [0.29, 0.717) is 44.6 Å². The number of cyclic esters (lactones) is 1. The molecule has 19 nitrogen and oxygen atoms in total. The number of carbonyl (C=O) groups excluding carboxylic acids is 3. The van der Waals surface area contributed by atoms with Crippen molar-refractivity contribution in [3.63, 3.8) is 0 Å². The molecule has 3 N–H and O–H groups in total. The van der Waals surface area contributed by atoms with Gasteiger partial charge in [0.25, 0.3) is 0 Å². The second-order valence-corrected chi connectivity index (χ2v) is 18.9. The summed E-state index contributed by atoms with van der Waals surface area (Å²) in [6, 6.07) is 2.76. The lowest BCUT2D eigenvalue weighted by Crippen LogP contribution is -2.62. The summed E-state index contributed by atoms with van der Waals surface area (Å²) in [5, 5.41) is 20.6. The third-order valence-electron chi connectivity index (χ3n) is 13.7. The zero-order chi connectivity index (χ0) is 48.5. The predicted molar refractivity (Wildman–Crippen MR) is 246 cm³/mol. The first-order valence-corrected chi connectivity index (χ1v) is 23.5. The number of aliphatic hydroxyl groups excluding tert-OH is 1. The highest BCUT2D eigenvalue weighted by Gasteiger charge is 2.61. The molecule has 0 spiro atoms. The minimum absolute atomic E-state index is 0.265. The van der Waals surface area contributed by atoms with E-state index < -0.39 is 89.8 Å². The molecule has 3 aliphatic heterocycles. The Morgan fingerprint density at radius 3 is 2.47 bits per heavy atom. The summed E-state index contributed by atoms with van der Waals surface area (Å²) in [6.07, 6.45) is 2.77. The Bertz CT molecular complexity index is 1920. The van der Waals surface area contributed by atoms with Crippen LogP contribution in [0.3, 0.4) is 0 Å². The van der Waals surface area contributed by atoms with Crippen LogP contribution in [-0.2, 0) is 44.6 Å². The highest BCUT2D eigenvalue weighted by atomic mass is 16.7. The molecule has 0 aromatic carbocycles. The van der Waals surface area contributed by atoms with E-state index in [1.54, 1.807) is 39.7 Å². The van der Waals surface area contributed by atoms with Gasteiger partial charge in [-0.3, -0.25) is 9.78 Å². The summed E-state index contributed by atoms with van der Waals surface area (Å²) in [6.45, 7) is 18.2. The number of hydrogen-bond donors (Lipinski definition) is 3. The first-order chi connectivity index (χ1) is 31.3. The molecule has 5 rings (SSSR count). The number of hydrazine groups is 1. The van der Waals surface area contributed by atoms with Gasteiger partial charge in [0.15, 0.2) is 11.9 Å². The van der Waals surface area contributed by atoms with Crippen molar-refractivity contribution in [3.05, 3.63) is 37.1 Å². The number of aryl methyl sites for hydroxylation is 1. The van der Waals surface area contributed by atoms with Crippen LogP contribution in [-0.4, -0.2) is 155 Å². The van der Waals surface area contributed by atoms with Crippen molar-refractivity contribution >= 4 is 23.9 Å². The van der Waals surface area contributed by atoms with Crippen LogP contribution in [0, 0.1) is 23.7 Å². The summed E-state index contributed by atoms with van der Waals surface area (Å²) >= 11 is 0. The van der Waals surface area contributed by atoms with Crippen molar-refractivity contribution in [1.82, 2.24) is 35.2 Å². The summed E-state index contributed by atoms with van der Waals surface area (Å²) in [7, 11) is 6.83. The lowest BCUT2D eigenvalue weighted by Gasteiger charge is -2.48. The Labute approximate surface area is 390 Å². The zero-order valence-corrected chi connectivity index (χ0v) is 41.3. The van der Waals surface area contributed by atoms with Crippen molar-refractivity contribution in [2.24, 2.45) is 28.8 Å². The topological polar surface area (TPSA) is 210 Å². The Kier molecular flexibility index (Phi) is 18.4. The van der Waals surface area contributed by atoms with E-state index in [1.165, 1.54) is 12.1 Å². The fourth-order valence-corrected chi connectivity index (χ4v) is 10.2. The molecule has 3 saturated heterocycles. The number of rotatable bonds is 15. The molecule has 5 heterocycles. The van der Waals surface area contributed by atoms with Gasteiger partial charge in [-0.2, -0.15) is 0 Å². The van der Waals surface area contributed by atoms with Gasteiger partial charge in [0, 0.05) is 74.7 Å². The molecule has 66 heavy (non-hydrogen) atoms. The molecular weight excluding hydrogens is 853 g/mol. The Morgan fingerprint density at radius 2 is 1.83 bits per heavy atom. The Hall–Kier alpha value is -4.40. The minimum atomic E-state index is -1.40. The molecule has 1 unspecified atom stereocenters. The summed E-state index contributed by atoms with van der Waals surface area (Å²) in [5.41, 5.74) is 3.04. The molecule has 0 saturated carbocycles. The van der Waals surface area contributed by atoms with Crippen molar-refractivity contribution in [2.75, 3.05) is 41.4 Å². The molecule has 2 aromatic heterocycles. The smallest absolute Gasteiger partial charge is 0.425 e. The number of oxime groups is 1. The Morgan fingerprint density at radius 1 is 1.09 bits per heavy atom. The van der Waals surface area contributed by atoms with Gasteiger partial charge in [0.2, 0.25) is 0 Å². The zero-order valence-electron chi connectivity index (χ0n) is 41.3. The molecular formula is C47H76N8O11. The van der Waals surface area contributed by atoms with Crippen LogP contribution in [0.25, 0.3) is 11.3 Å². The molecule has 3 aliphatic rings. The van der Waals surface area contributed by atoms with Crippen LogP contribution in [0.2, 0.25) is 0 Å². The molecule has 3 fully saturated rings. The van der Waals surface area contributed by atoms with Gasteiger partial charge in [0.1, 0.15) is 31.5 Å². The fraction of sp³-hybridized carbons (Fsp3) is 0.745. The van der Waals surface area contributed by atoms with E-state index in [4.69, 9.17) is 33.3 Å². The largest absolute Gasteiger partial charge is 0.458 e. The number of hydrogen-bond acceptors (Lipinski definition) is 16. The van der Waals surface area contributed by atoms with E-state index >= 15 is 0 Å². The SMILES string of the molecule is CCCNC(=O)O[C@H]1[C@H](C)[C@@H](O[C@@H]2O[C@H](C)C[C@H](N(C)C)[C@H]2O)[C@@](C)(OC)C[C@@H](C)/C(=N\OC)[C@H](C)C2N(NCCCn3cnc(-c4cccnc4)c3)C(=O)O[C@]2(C)[C@@H](CC)OC(=O)[C@@H]1C. The lowest BCUT2D eigenvalue weighted by atomic mass is 9.73. The van der Waals surface area contributed by atoms with Gasteiger partial charge in [0.05, 0.1) is 41.5 Å². The number of alkyl carbamates (subject to hydrolysis) is 1. The van der Waals surface area contributed by atoms with Crippen LogP contribution < -0.4 is 10.7 Å². The lowest BCUT2D eigenvalue weighted by molar-refractivity contribution is -0.301. The van der Waals surface area contributed by atoms with Gasteiger partial charge < -0.3 is 53.1 Å². The maximum Gasteiger partial charge on any atom is 0.425 e. The average molecular weight is 929 g/mol. The van der Waals surface area contributed by atoms with Gasteiger partial charge in [-0.05, 0) is 86.0 Å². The molecule has 2 amide bonds. The average Bonchev–Trinajstić information content (AvgIpc) is 3.87. The third-order valence-corrected chi connectivity index (χ3v) is 13.7. The van der Waals surface area contributed by atoms with Crippen molar-refractivity contribution < 1.29 is 52.7 Å². The molecule has 370 valence electrons. The van der Waals surface area contributed by atoms with Crippen LogP contribution in [0.15, 0.2) is 42.2 Å². The van der Waals surface area contributed by atoms with Crippen LogP contribution in [0.5, 0.6) is 0 Å². The number of aromatic nitrogens is 3. The van der Waals surface area contributed by atoms with E-state index in [9.17, 15) is 19.5 Å². The normalized spacial score (nSPS) is 35.2. The number of methoxy groups -OCH3 is 1. The predicted octanol–water partition coefficient (Wildman–Crippen LogP) is 5.41. The Balaban J connectivity index is 1.55. The monoisotopic (exact) mass is 929 g/mol. The number of likely N-dealkylation sites (N-methyl/N-ethyl adjacent to an activating group) is 1. The van der Waals surface area contributed by atoms with E-state index in [0.717, 1.165) is 11.3 Å². The van der Waals surface area contributed by atoms with Gasteiger partial charge in [-0.1, -0.05) is 39.8 Å². The number of imidazole rings is 1. The number of fused-ring (bicyclic) bond motifs is 1. The molecule has 14 atom stereocenters. The van der Waals surface area contributed by atoms with E-state index in [2.05, 4.69) is 25.9 Å². The minimum Gasteiger partial charge on any atom is -0.458 e. The van der Waals surface area contributed by atoms with Crippen molar-refractivity contribution in [2.45, 2.75) is 161 Å². The summed E-state index contributed by atoms with van der Waals surface area (Å²) in [4.78, 5) is 58.6. The summed E-state index contributed by atoms with van der Waals surface area (Å²) < 4.78 is 40.7. The van der Waals surface area contributed by atoms with Crippen LogP contribution in [0.4, 0.5) is 9.59 Å². The van der Waals surface area contributed by atoms with Gasteiger partial charge in [-0.15, -0.1) is 0 Å². The number of amides is 2. The van der Waals surface area contributed by atoms with Crippen molar-refractivity contribution in [3.8, 4) is 11.3 Å². The highest BCUT2D eigenvalue weighted by molar-refractivity contribution is 5.90. The standard InChI is InChI=1S/C47H76N8O11/c1-14-19-49-44(58)64-39-31(6)41(65-43-38(56)35(53(10)11)23-29(4)62-43)46(8,60-12)24-28(3)37(52-61-13)30(5)40-47(9,36(15-2)63-42(57)32(39)7)66-45(59)55(40)51-21-17-22-54-26-34(50-27-54)33-18-16-20-48-25-33/h16,18,20,25-32,35-36,38-41,43,51,56H,14-15,17,19,21-24H2,1-13H3,(H,49,58)/b52-37+/t28-,29-,30+,31+,32-,35+,36-,38-,39+,40?,41-,43+,46+,47-/m1/s1. The van der Waals surface area contributed by atoms with Crippen LogP contribution in [0.1, 0.15) is 94.4 Å².